The first-order valence-corrected chi connectivity index (χ1v) is 9.23. The van der Waals surface area contributed by atoms with E-state index in [1.807, 2.05) is 20.8 Å². The van der Waals surface area contributed by atoms with E-state index in [4.69, 9.17) is 9.47 Å². The maximum atomic E-state index is 12.6. The lowest BCUT2D eigenvalue weighted by molar-refractivity contribution is 0.0646. The van der Waals surface area contributed by atoms with Gasteiger partial charge in [0.1, 0.15) is 0 Å². The van der Waals surface area contributed by atoms with Crippen LogP contribution in [0.25, 0.3) is 0 Å². The fraction of sp³-hybridized carbons (Fsp3) is 0.471. The number of ether oxygens (including phenoxy) is 2. The van der Waals surface area contributed by atoms with Crippen molar-refractivity contribution >= 4 is 16.2 Å². The molecule has 0 radical (unpaired) electrons. The second-order valence-electron chi connectivity index (χ2n) is 5.07. The number of carbonyl (C=O) groups is 1. The molecule has 0 saturated carbocycles. The zero-order valence-electron chi connectivity index (χ0n) is 14.2. The molecular weight excluding hydrogens is 330 g/mol. The molecule has 1 aromatic carbocycles. The van der Waals surface area contributed by atoms with Crippen molar-refractivity contribution in [1.82, 2.24) is 4.31 Å². The summed E-state index contributed by atoms with van der Waals surface area (Å²) in [5.41, 5.74) is 0.973. The Bertz CT molecular complexity index is 686. The molecule has 0 aliphatic carbocycles. The monoisotopic (exact) mass is 353 g/mol. The van der Waals surface area contributed by atoms with Crippen LogP contribution in [0.3, 0.4) is 0 Å². The highest BCUT2D eigenvalue weighted by atomic mass is 32.2. The Balaban J connectivity index is 2.78. The van der Waals surface area contributed by atoms with E-state index >= 15 is 0 Å². The molecule has 0 unspecified atom stereocenters. The maximum Gasteiger partial charge on any atom is 0.509 e. The predicted molar refractivity (Wildman–Crippen MR) is 90.7 cm³/mol. The van der Waals surface area contributed by atoms with Gasteiger partial charge in [-0.15, -0.1) is 0 Å². The highest BCUT2D eigenvalue weighted by Gasteiger charge is 2.21. The summed E-state index contributed by atoms with van der Waals surface area (Å²) in [6, 6.07) is 9.11. The van der Waals surface area contributed by atoms with E-state index in [0.29, 0.717) is 12.8 Å². The van der Waals surface area contributed by atoms with Crippen molar-refractivity contribution in [3.8, 4) is 12.0 Å². The topological polar surface area (TPSA) is 72.9 Å². The Morgan fingerprint density at radius 3 is 2.38 bits per heavy atom. The molecule has 1 rings (SSSR count). The Morgan fingerprint density at radius 2 is 1.79 bits per heavy atom. The quantitative estimate of drug-likeness (QED) is 0.428. The molecule has 0 atom stereocenters. The van der Waals surface area contributed by atoms with Crippen molar-refractivity contribution in [3.63, 3.8) is 0 Å². The molecule has 0 saturated heterocycles. The summed E-state index contributed by atoms with van der Waals surface area (Å²) < 4.78 is 35.7. The Labute approximate surface area is 143 Å². The van der Waals surface area contributed by atoms with Crippen LogP contribution < -0.4 is 0 Å². The minimum absolute atomic E-state index is 0.180. The summed E-state index contributed by atoms with van der Waals surface area (Å²) in [7, 11) is -3.71. The van der Waals surface area contributed by atoms with Gasteiger partial charge in [-0.3, -0.25) is 0 Å². The van der Waals surface area contributed by atoms with Gasteiger partial charge in [0.05, 0.1) is 11.5 Å². The number of rotatable bonds is 7. The van der Waals surface area contributed by atoms with Gasteiger partial charge < -0.3 is 9.47 Å². The third-order valence-corrected chi connectivity index (χ3v) is 4.65. The van der Waals surface area contributed by atoms with Gasteiger partial charge in [0.2, 0.25) is 0 Å². The van der Waals surface area contributed by atoms with Crippen molar-refractivity contribution in [2.45, 2.75) is 38.5 Å². The van der Waals surface area contributed by atoms with Crippen molar-refractivity contribution < 1.29 is 22.7 Å². The number of aryl methyl sites for hydroxylation is 1. The van der Waals surface area contributed by atoms with Crippen LogP contribution in [0.15, 0.2) is 29.2 Å². The Kier molecular flexibility index (Phi) is 8.13. The molecule has 0 heterocycles. The molecule has 0 spiro atoms. The number of hydrogen-bond donors (Lipinski definition) is 0. The second-order valence-corrected chi connectivity index (χ2v) is 6.93. The number of benzene rings is 1. The molecule has 0 bridgehead atoms. The van der Waals surface area contributed by atoms with Crippen LogP contribution in [0.5, 0.6) is 0 Å². The largest absolute Gasteiger partial charge is 0.509 e. The first-order valence-electron chi connectivity index (χ1n) is 7.79. The van der Waals surface area contributed by atoms with Crippen LogP contribution in [-0.4, -0.2) is 38.6 Å². The molecule has 0 amide bonds. The summed E-state index contributed by atoms with van der Waals surface area (Å²) in [6.45, 7) is 5.91. The SMILES string of the molecule is CCCOC(=O)OCC#CN(CCC)S(=O)(=O)c1ccc(C)cc1. The van der Waals surface area contributed by atoms with Gasteiger partial charge in [-0.05, 0) is 37.8 Å². The molecule has 6 nitrogen and oxygen atoms in total. The molecular formula is C17H23NO5S. The van der Waals surface area contributed by atoms with E-state index in [0.717, 1.165) is 9.87 Å². The Hall–Kier alpha value is -2.20. The average Bonchev–Trinajstić information content (AvgIpc) is 2.56. The first kappa shape index (κ1) is 19.8. The van der Waals surface area contributed by atoms with Crippen LogP contribution >= 0.6 is 0 Å². The van der Waals surface area contributed by atoms with Crippen LogP contribution in [0.2, 0.25) is 0 Å². The molecule has 7 heteroatoms. The summed E-state index contributed by atoms with van der Waals surface area (Å²) in [5.74, 6) is 2.54. The number of hydrogen-bond acceptors (Lipinski definition) is 5. The first-order chi connectivity index (χ1) is 11.4. The van der Waals surface area contributed by atoms with E-state index in [1.54, 1.807) is 24.3 Å². The van der Waals surface area contributed by atoms with Gasteiger partial charge in [0.15, 0.2) is 6.61 Å². The fourth-order valence-electron chi connectivity index (χ4n) is 1.72. The second kappa shape index (κ2) is 9.83. The van der Waals surface area contributed by atoms with Crippen molar-refractivity contribution in [2.24, 2.45) is 0 Å². The minimum Gasteiger partial charge on any atom is -0.434 e. The van der Waals surface area contributed by atoms with Gasteiger partial charge in [0, 0.05) is 12.6 Å². The average molecular weight is 353 g/mol. The molecule has 0 aliphatic heterocycles. The molecule has 0 fully saturated rings. The normalized spacial score (nSPS) is 10.5. The summed E-state index contributed by atoms with van der Waals surface area (Å²) in [4.78, 5) is 11.4. The number of nitrogens with zero attached hydrogens (tertiary/aromatic N) is 1. The maximum absolute atomic E-state index is 12.6. The molecule has 0 aliphatic rings. The van der Waals surface area contributed by atoms with E-state index in [1.165, 1.54) is 0 Å². The van der Waals surface area contributed by atoms with Gasteiger partial charge in [-0.2, -0.15) is 0 Å². The molecule has 0 aromatic heterocycles. The smallest absolute Gasteiger partial charge is 0.434 e. The summed E-state index contributed by atoms with van der Waals surface area (Å²) in [6.07, 6.45) is 0.494. The van der Waals surface area contributed by atoms with Crippen LogP contribution in [-0.2, 0) is 19.5 Å². The molecule has 24 heavy (non-hydrogen) atoms. The van der Waals surface area contributed by atoms with Gasteiger partial charge in [0.25, 0.3) is 10.0 Å². The predicted octanol–water partition coefficient (Wildman–Crippen LogP) is 2.92. The van der Waals surface area contributed by atoms with Gasteiger partial charge >= 0.3 is 6.16 Å². The Morgan fingerprint density at radius 1 is 1.12 bits per heavy atom. The lowest BCUT2D eigenvalue weighted by Gasteiger charge is -2.17. The zero-order valence-corrected chi connectivity index (χ0v) is 15.1. The molecule has 1 aromatic rings. The van der Waals surface area contributed by atoms with Crippen LogP contribution in [0, 0.1) is 18.9 Å². The van der Waals surface area contributed by atoms with E-state index in [-0.39, 0.29) is 24.7 Å². The van der Waals surface area contributed by atoms with Crippen LogP contribution in [0.1, 0.15) is 32.3 Å². The summed E-state index contributed by atoms with van der Waals surface area (Å²) >= 11 is 0. The minimum atomic E-state index is -3.71. The van der Waals surface area contributed by atoms with Crippen molar-refractivity contribution in [2.75, 3.05) is 19.8 Å². The van der Waals surface area contributed by atoms with Crippen LogP contribution in [0.4, 0.5) is 4.79 Å². The number of carbonyl (C=O) groups excluding carboxylic acids is 1. The lowest BCUT2D eigenvalue weighted by Crippen LogP contribution is -2.27. The highest BCUT2D eigenvalue weighted by molar-refractivity contribution is 7.89. The van der Waals surface area contributed by atoms with Gasteiger partial charge in [-0.1, -0.05) is 31.5 Å². The fourth-order valence-corrected chi connectivity index (χ4v) is 3.06. The summed E-state index contributed by atoms with van der Waals surface area (Å²) in [5, 5.41) is 0. The lowest BCUT2D eigenvalue weighted by atomic mass is 10.2. The van der Waals surface area contributed by atoms with E-state index in [9.17, 15) is 13.2 Å². The number of sulfonamides is 1. The van der Waals surface area contributed by atoms with Crippen molar-refractivity contribution in [3.05, 3.63) is 29.8 Å². The standard InChI is InChI=1S/C17H23NO5S/c1-4-11-18(12-6-14-23-17(19)22-13-5-2)24(20,21)16-9-7-15(3)8-10-16/h7-10H,4-5,11,13-14H2,1-3H3. The van der Waals surface area contributed by atoms with Crippen molar-refractivity contribution in [1.29, 1.82) is 0 Å². The third-order valence-electron chi connectivity index (χ3n) is 2.93. The third kappa shape index (κ3) is 6.13. The van der Waals surface area contributed by atoms with E-state index in [2.05, 4.69) is 12.0 Å². The molecule has 0 N–H and O–H groups in total. The molecule has 132 valence electrons. The highest BCUT2D eigenvalue weighted by Crippen LogP contribution is 2.16. The van der Waals surface area contributed by atoms with Gasteiger partial charge in [-0.25, -0.2) is 17.5 Å². The van der Waals surface area contributed by atoms with E-state index < -0.39 is 16.2 Å². The zero-order chi connectivity index (χ0) is 18.0.